The first-order chi connectivity index (χ1) is 13.1. The van der Waals surface area contributed by atoms with E-state index in [1.807, 2.05) is 42.2 Å². The topological polar surface area (TPSA) is 63.1 Å². The highest BCUT2D eigenvalue weighted by Gasteiger charge is 2.26. The van der Waals surface area contributed by atoms with Crippen LogP contribution in [-0.2, 0) is 0 Å². The van der Waals surface area contributed by atoms with E-state index in [4.69, 9.17) is 0 Å². The SMILES string of the molecule is Cc1c(C(=O)N2CCNC(C)C2)nnn1-c1ccc(-c2ccccc2)cc1.Cl. The number of benzene rings is 2. The predicted molar refractivity (Wildman–Crippen MR) is 112 cm³/mol. The maximum Gasteiger partial charge on any atom is 0.276 e. The van der Waals surface area contributed by atoms with Crippen molar-refractivity contribution in [2.45, 2.75) is 19.9 Å². The third-order valence-corrected chi connectivity index (χ3v) is 4.97. The first-order valence-electron chi connectivity index (χ1n) is 9.24. The summed E-state index contributed by atoms with van der Waals surface area (Å²) in [7, 11) is 0. The van der Waals surface area contributed by atoms with E-state index in [0.29, 0.717) is 24.8 Å². The fraction of sp³-hybridized carbons (Fsp3) is 0.286. The van der Waals surface area contributed by atoms with Crippen LogP contribution >= 0.6 is 12.4 Å². The Morgan fingerprint density at radius 2 is 1.75 bits per heavy atom. The van der Waals surface area contributed by atoms with E-state index < -0.39 is 0 Å². The van der Waals surface area contributed by atoms with Crippen LogP contribution in [0.3, 0.4) is 0 Å². The normalized spacial score (nSPS) is 16.5. The minimum atomic E-state index is -0.0481. The number of rotatable bonds is 3. The summed E-state index contributed by atoms with van der Waals surface area (Å²) in [5, 5.41) is 11.7. The molecular formula is C21H24ClN5O. The molecule has 4 rings (SSSR count). The van der Waals surface area contributed by atoms with E-state index in [1.165, 1.54) is 5.56 Å². The summed E-state index contributed by atoms with van der Waals surface area (Å²) in [6, 6.07) is 18.7. The van der Waals surface area contributed by atoms with Gasteiger partial charge in [-0.25, -0.2) is 4.68 Å². The molecule has 0 spiro atoms. The van der Waals surface area contributed by atoms with Gasteiger partial charge in [-0.05, 0) is 37.1 Å². The second-order valence-corrected chi connectivity index (χ2v) is 6.95. The highest BCUT2D eigenvalue weighted by atomic mass is 35.5. The molecule has 0 bridgehead atoms. The van der Waals surface area contributed by atoms with Crippen LogP contribution in [0.4, 0.5) is 0 Å². The Morgan fingerprint density at radius 3 is 2.43 bits per heavy atom. The van der Waals surface area contributed by atoms with Crippen molar-refractivity contribution in [1.82, 2.24) is 25.2 Å². The zero-order valence-electron chi connectivity index (χ0n) is 16.0. The first kappa shape index (κ1) is 20.0. The summed E-state index contributed by atoms with van der Waals surface area (Å²) in [5.41, 5.74) is 4.40. The van der Waals surface area contributed by atoms with E-state index in [9.17, 15) is 4.79 Å². The fourth-order valence-corrected chi connectivity index (χ4v) is 3.46. The molecule has 3 aromatic rings. The summed E-state index contributed by atoms with van der Waals surface area (Å²) >= 11 is 0. The Kier molecular flexibility index (Phi) is 6.11. The predicted octanol–water partition coefficient (Wildman–Crippen LogP) is 3.10. The van der Waals surface area contributed by atoms with Gasteiger partial charge in [0.1, 0.15) is 0 Å². The van der Waals surface area contributed by atoms with Gasteiger partial charge < -0.3 is 10.2 Å². The average Bonchev–Trinajstić information content (AvgIpc) is 3.09. The summed E-state index contributed by atoms with van der Waals surface area (Å²) in [5.74, 6) is -0.0481. The Morgan fingerprint density at radius 1 is 1.07 bits per heavy atom. The van der Waals surface area contributed by atoms with Crippen LogP contribution in [0.25, 0.3) is 16.8 Å². The number of halogens is 1. The molecule has 2 heterocycles. The van der Waals surface area contributed by atoms with Crippen molar-refractivity contribution < 1.29 is 4.79 Å². The lowest BCUT2D eigenvalue weighted by Gasteiger charge is -2.31. The second-order valence-electron chi connectivity index (χ2n) is 6.95. The molecular weight excluding hydrogens is 374 g/mol. The fourth-order valence-electron chi connectivity index (χ4n) is 3.46. The van der Waals surface area contributed by atoms with Crippen molar-refractivity contribution in [3.63, 3.8) is 0 Å². The molecule has 1 aliphatic heterocycles. The minimum Gasteiger partial charge on any atom is -0.334 e. The van der Waals surface area contributed by atoms with Crippen LogP contribution in [-0.4, -0.2) is 51.5 Å². The van der Waals surface area contributed by atoms with Gasteiger partial charge in [0.2, 0.25) is 0 Å². The van der Waals surface area contributed by atoms with Gasteiger partial charge in [-0.2, -0.15) is 0 Å². The lowest BCUT2D eigenvalue weighted by Crippen LogP contribution is -2.51. The van der Waals surface area contributed by atoms with Crippen LogP contribution in [0, 0.1) is 6.92 Å². The number of piperazine rings is 1. The molecule has 1 amide bonds. The zero-order valence-corrected chi connectivity index (χ0v) is 16.8. The number of nitrogens with zero attached hydrogens (tertiary/aromatic N) is 4. The first-order valence-corrected chi connectivity index (χ1v) is 9.24. The maximum atomic E-state index is 12.8. The van der Waals surface area contributed by atoms with Crippen LogP contribution in [0.2, 0.25) is 0 Å². The van der Waals surface area contributed by atoms with Crippen LogP contribution in [0.15, 0.2) is 54.6 Å². The number of nitrogens with one attached hydrogen (secondary N) is 1. The van der Waals surface area contributed by atoms with E-state index >= 15 is 0 Å². The van der Waals surface area contributed by atoms with Crippen molar-refractivity contribution in [2.24, 2.45) is 0 Å². The second kappa shape index (κ2) is 8.54. The third-order valence-electron chi connectivity index (χ3n) is 4.97. The number of aromatic nitrogens is 3. The Bertz CT molecular complexity index is 939. The van der Waals surface area contributed by atoms with Gasteiger partial charge in [-0.3, -0.25) is 4.79 Å². The summed E-state index contributed by atoms with van der Waals surface area (Å²) in [6.45, 7) is 6.17. The number of carbonyl (C=O) groups is 1. The molecule has 1 saturated heterocycles. The third kappa shape index (κ3) is 3.93. The van der Waals surface area contributed by atoms with E-state index in [2.05, 4.69) is 46.8 Å². The number of hydrogen-bond donors (Lipinski definition) is 1. The number of amides is 1. The molecule has 6 nitrogen and oxygen atoms in total. The molecule has 0 radical (unpaired) electrons. The largest absolute Gasteiger partial charge is 0.334 e. The zero-order chi connectivity index (χ0) is 18.8. The van der Waals surface area contributed by atoms with E-state index in [0.717, 1.165) is 23.5 Å². The van der Waals surface area contributed by atoms with Gasteiger partial charge in [0.05, 0.1) is 11.4 Å². The molecule has 1 aromatic heterocycles. The van der Waals surface area contributed by atoms with Crippen molar-refractivity contribution >= 4 is 18.3 Å². The Labute approximate surface area is 171 Å². The van der Waals surface area contributed by atoms with Gasteiger partial charge in [0.15, 0.2) is 5.69 Å². The number of hydrogen-bond acceptors (Lipinski definition) is 4. The molecule has 0 saturated carbocycles. The van der Waals surface area contributed by atoms with Gasteiger partial charge in [-0.1, -0.05) is 47.7 Å². The standard InChI is InChI=1S/C21H23N5O.ClH/c1-15-14-25(13-12-22-15)21(27)20-16(2)26(24-23-20)19-10-8-18(9-11-19)17-6-4-3-5-7-17;/h3-11,15,22H,12-14H2,1-2H3;1H. The highest BCUT2D eigenvalue weighted by molar-refractivity contribution is 5.93. The van der Waals surface area contributed by atoms with E-state index in [1.54, 1.807) is 4.68 Å². The molecule has 1 unspecified atom stereocenters. The van der Waals surface area contributed by atoms with Gasteiger partial charge in [0.25, 0.3) is 5.91 Å². The van der Waals surface area contributed by atoms with Crippen LogP contribution < -0.4 is 5.32 Å². The quantitative estimate of drug-likeness (QED) is 0.737. The molecule has 1 atom stereocenters. The molecule has 28 heavy (non-hydrogen) atoms. The lowest BCUT2D eigenvalue weighted by molar-refractivity contribution is 0.0702. The van der Waals surface area contributed by atoms with E-state index in [-0.39, 0.29) is 18.3 Å². The van der Waals surface area contributed by atoms with Crippen molar-refractivity contribution in [2.75, 3.05) is 19.6 Å². The molecule has 1 N–H and O–H groups in total. The molecule has 1 fully saturated rings. The lowest BCUT2D eigenvalue weighted by atomic mass is 10.1. The smallest absolute Gasteiger partial charge is 0.276 e. The summed E-state index contributed by atoms with van der Waals surface area (Å²) in [4.78, 5) is 14.7. The van der Waals surface area contributed by atoms with Crippen molar-refractivity contribution in [3.8, 4) is 16.8 Å². The van der Waals surface area contributed by atoms with Gasteiger partial charge in [0, 0.05) is 25.7 Å². The van der Waals surface area contributed by atoms with Gasteiger partial charge >= 0.3 is 0 Å². The monoisotopic (exact) mass is 397 g/mol. The Balaban J connectivity index is 0.00000225. The Hall–Kier alpha value is -2.70. The van der Waals surface area contributed by atoms with Crippen LogP contribution in [0.1, 0.15) is 23.1 Å². The van der Waals surface area contributed by atoms with Crippen LogP contribution in [0.5, 0.6) is 0 Å². The van der Waals surface area contributed by atoms with Crippen molar-refractivity contribution in [1.29, 1.82) is 0 Å². The summed E-state index contributed by atoms with van der Waals surface area (Å²) in [6.07, 6.45) is 0. The number of carbonyl (C=O) groups excluding carboxylic acids is 1. The molecule has 7 heteroatoms. The average molecular weight is 398 g/mol. The highest BCUT2D eigenvalue weighted by Crippen LogP contribution is 2.21. The molecule has 146 valence electrons. The van der Waals surface area contributed by atoms with Gasteiger partial charge in [-0.15, -0.1) is 17.5 Å². The minimum absolute atomic E-state index is 0. The summed E-state index contributed by atoms with van der Waals surface area (Å²) < 4.78 is 1.73. The maximum absolute atomic E-state index is 12.8. The van der Waals surface area contributed by atoms with Crippen molar-refractivity contribution in [3.05, 3.63) is 66.0 Å². The molecule has 0 aliphatic carbocycles. The molecule has 1 aliphatic rings. The molecule has 2 aromatic carbocycles.